The fourth-order valence-corrected chi connectivity index (χ4v) is 6.05. The van der Waals surface area contributed by atoms with Gasteiger partial charge >= 0.3 is 0 Å². The number of fused-ring (bicyclic) bond motifs is 1. The van der Waals surface area contributed by atoms with Gasteiger partial charge in [-0.3, -0.25) is 4.72 Å². The summed E-state index contributed by atoms with van der Waals surface area (Å²) in [5.41, 5.74) is 4.44. The molecular formula is C26H36N2O2S. The lowest BCUT2D eigenvalue weighted by molar-refractivity contribution is 0.207. The van der Waals surface area contributed by atoms with Crippen molar-refractivity contribution in [2.24, 2.45) is 5.92 Å². The first-order valence-electron chi connectivity index (χ1n) is 11.9. The quantitative estimate of drug-likeness (QED) is 0.637. The largest absolute Gasteiger partial charge is 0.302 e. The molecule has 31 heavy (non-hydrogen) atoms. The van der Waals surface area contributed by atoms with Gasteiger partial charge in [0.1, 0.15) is 0 Å². The average molecular weight is 441 g/mol. The third-order valence-electron chi connectivity index (χ3n) is 6.95. The van der Waals surface area contributed by atoms with E-state index >= 15 is 0 Å². The molecule has 5 heteroatoms. The van der Waals surface area contributed by atoms with E-state index in [4.69, 9.17) is 0 Å². The van der Waals surface area contributed by atoms with Gasteiger partial charge in [0, 0.05) is 25.3 Å². The number of hydrogen-bond acceptors (Lipinski definition) is 3. The molecule has 0 amide bonds. The molecule has 0 aromatic heterocycles. The van der Waals surface area contributed by atoms with Gasteiger partial charge in [0.2, 0.25) is 0 Å². The zero-order valence-electron chi connectivity index (χ0n) is 18.9. The van der Waals surface area contributed by atoms with Crippen LogP contribution in [0.4, 0.5) is 5.69 Å². The van der Waals surface area contributed by atoms with Crippen LogP contribution in [-0.4, -0.2) is 33.0 Å². The van der Waals surface area contributed by atoms with Crippen molar-refractivity contribution in [2.45, 2.75) is 69.6 Å². The lowest BCUT2D eigenvalue weighted by Gasteiger charge is -2.28. The van der Waals surface area contributed by atoms with Crippen LogP contribution in [0, 0.1) is 5.92 Å². The minimum atomic E-state index is -3.58. The SMILES string of the molecule is CC(C)c1ccc(S(=O)(=O)Nc2ccc3c(c2)CCN(CC2CCCCC2)CC3)cc1. The number of rotatable bonds is 6. The van der Waals surface area contributed by atoms with Crippen LogP contribution in [0.5, 0.6) is 0 Å². The first-order chi connectivity index (χ1) is 14.9. The van der Waals surface area contributed by atoms with Crippen molar-refractivity contribution in [3.05, 3.63) is 59.2 Å². The standard InChI is InChI=1S/C26H36N2O2S/c1-20(2)22-9-12-26(13-10-22)31(29,30)27-25-11-8-23-14-16-28(17-15-24(23)18-25)19-21-6-4-3-5-7-21/h8-13,18,20-21,27H,3-7,14-17,19H2,1-2H3. The molecule has 0 bridgehead atoms. The molecule has 1 heterocycles. The lowest BCUT2D eigenvalue weighted by Crippen LogP contribution is -2.32. The molecule has 1 aliphatic heterocycles. The molecule has 1 aliphatic carbocycles. The van der Waals surface area contributed by atoms with E-state index in [0.29, 0.717) is 16.5 Å². The summed E-state index contributed by atoms with van der Waals surface area (Å²) in [6.45, 7) is 7.61. The summed E-state index contributed by atoms with van der Waals surface area (Å²) in [6.07, 6.45) is 8.99. The van der Waals surface area contributed by atoms with Gasteiger partial charge in [0.25, 0.3) is 10.0 Å². The summed E-state index contributed by atoms with van der Waals surface area (Å²) in [5.74, 6) is 1.24. The zero-order valence-corrected chi connectivity index (χ0v) is 19.8. The van der Waals surface area contributed by atoms with Gasteiger partial charge in [-0.15, -0.1) is 0 Å². The van der Waals surface area contributed by atoms with Gasteiger partial charge < -0.3 is 4.90 Å². The summed E-state index contributed by atoms with van der Waals surface area (Å²) in [4.78, 5) is 2.93. The number of sulfonamides is 1. The third kappa shape index (κ3) is 5.69. The van der Waals surface area contributed by atoms with Gasteiger partial charge in [0.15, 0.2) is 0 Å². The second-order valence-corrected chi connectivity index (χ2v) is 11.3. The summed E-state index contributed by atoms with van der Waals surface area (Å²) >= 11 is 0. The Kier molecular flexibility index (Phi) is 7.02. The molecule has 4 rings (SSSR count). The number of hydrogen-bond donors (Lipinski definition) is 1. The highest BCUT2D eigenvalue weighted by Gasteiger charge is 2.21. The van der Waals surface area contributed by atoms with Crippen LogP contribution in [0.2, 0.25) is 0 Å². The third-order valence-corrected chi connectivity index (χ3v) is 8.35. The minimum Gasteiger partial charge on any atom is -0.302 e. The minimum absolute atomic E-state index is 0.311. The van der Waals surface area contributed by atoms with Crippen LogP contribution in [-0.2, 0) is 22.9 Å². The molecular weight excluding hydrogens is 404 g/mol. The van der Waals surface area contributed by atoms with E-state index in [1.807, 2.05) is 24.3 Å². The lowest BCUT2D eigenvalue weighted by atomic mass is 9.89. The van der Waals surface area contributed by atoms with E-state index in [2.05, 4.69) is 29.5 Å². The Morgan fingerprint density at radius 3 is 2.29 bits per heavy atom. The molecule has 0 radical (unpaired) electrons. The number of benzene rings is 2. The summed E-state index contributed by atoms with van der Waals surface area (Å²) in [5, 5.41) is 0. The molecule has 0 saturated heterocycles. The average Bonchev–Trinajstić information content (AvgIpc) is 2.96. The number of nitrogens with zero attached hydrogens (tertiary/aromatic N) is 1. The second kappa shape index (κ2) is 9.74. The van der Waals surface area contributed by atoms with Crippen molar-refractivity contribution in [1.82, 2.24) is 4.90 Å². The van der Waals surface area contributed by atoms with Crippen LogP contribution in [0.3, 0.4) is 0 Å². The van der Waals surface area contributed by atoms with E-state index in [1.54, 1.807) is 12.1 Å². The Morgan fingerprint density at radius 1 is 0.935 bits per heavy atom. The van der Waals surface area contributed by atoms with Crippen molar-refractivity contribution in [3.63, 3.8) is 0 Å². The maximum absolute atomic E-state index is 12.9. The Bertz CT molecular complexity index is 977. The molecule has 0 unspecified atom stereocenters. The molecule has 1 fully saturated rings. The van der Waals surface area contributed by atoms with Crippen LogP contribution in [0.1, 0.15) is 68.6 Å². The first-order valence-corrected chi connectivity index (χ1v) is 13.4. The molecule has 168 valence electrons. The van der Waals surface area contributed by atoms with Crippen LogP contribution in [0.15, 0.2) is 47.4 Å². The van der Waals surface area contributed by atoms with E-state index < -0.39 is 10.0 Å². The van der Waals surface area contributed by atoms with E-state index in [1.165, 1.54) is 49.8 Å². The monoisotopic (exact) mass is 440 g/mol. The summed E-state index contributed by atoms with van der Waals surface area (Å²) in [6, 6.07) is 13.3. The van der Waals surface area contributed by atoms with Crippen LogP contribution in [0.25, 0.3) is 0 Å². The van der Waals surface area contributed by atoms with Gasteiger partial charge in [-0.25, -0.2) is 8.42 Å². The predicted molar refractivity (Wildman–Crippen MR) is 128 cm³/mol. The molecule has 4 nitrogen and oxygen atoms in total. The molecule has 2 aliphatic rings. The van der Waals surface area contributed by atoms with Crippen molar-refractivity contribution in [2.75, 3.05) is 24.4 Å². The molecule has 2 aromatic rings. The normalized spacial score (nSPS) is 18.5. The van der Waals surface area contributed by atoms with Crippen molar-refractivity contribution in [3.8, 4) is 0 Å². The van der Waals surface area contributed by atoms with Crippen molar-refractivity contribution < 1.29 is 8.42 Å². The molecule has 1 saturated carbocycles. The predicted octanol–water partition coefficient (Wildman–Crippen LogP) is 5.59. The molecule has 2 aromatic carbocycles. The van der Waals surface area contributed by atoms with Crippen LogP contribution >= 0.6 is 0 Å². The van der Waals surface area contributed by atoms with Gasteiger partial charge in [-0.05, 0) is 78.5 Å². The molecule has 1 N–H and O–H groups in total. The van der Waals surface area contributed by atoms with Crippen LogP contribution < -0.4 is 4.72 Å². The van der Waals surface area contributed by atoms with E-state index in [0.717, 1.165) is 37.4 Å². The Morgan fingerprint density at radius 2 is 1.61 bits per heavy atom. The maximum Gasteiger partial charge on any atom is 0.261 e. The Labute approximate surface area is 188 Å². The van der Waals surface area contributed by atoms with E-state index in [-0.39, 0.29) is 0 Å². The van der Waals surface area contributed by atoms with E-state index in [9.17, 15) is 8.42 Å². The second-order valence-electron chi connectivity index (χ2n) is 9.62. The summed E-state index contributed by atoms with van der Waals surface area (Å²) < 4.78 is 28.5. The highest BCUT2D eigenvalue weighted by Crippen LogP contribution is 2.27. The topological polar surface area (TPSA) is 49.4 Å². The van der Waals surface area contributed by atoms with Gasteiger partial charge in [-0.2, -0.15) is 0 Å². The fourth-order valence-electron chi connectivity index (χ4n) is 5.00. The summed E-state index contributed by atoms with van der Waals surface area (Å²) in [7, 11) is -3.58. The smallest absolute Gasteiger partial charge is 0.261 e. The number of nitrogens with one attached hydrogen (secondary N) is 1. The van der Waals surface area contributed by atoms with Crippen molar-refractivity contribution >= 4 is 15.7 Å². The van der Waals surface area contributed by atoms with Crippen molar-refractivity contribution in [1.29, 1.82) is 0 Å². The highest BCUT2D eigenvalue weighted by molar-refractivity contribution is 7.92. The highest BCUT2D eigenvalue weighted by atomic mass is 32.2. The molecule has 0 spiro atoms. The van der Waals surface area contributed by atoms with Gasteiger partial charge in [0.05, 0.1) is 4.90 Å². The molecule has 0 atom stereocenters. The Balaban J connectivity index is 1.42. The zero-order chi connectivity index (χ0) is 21.8. The van der Waals surface area contributed by atoms with Gasteiger partial charge in [-0.1, -0.05) is 51.3 Å². The maximum atomic E-state index is 12.9. The fraction of sp³-hybridized carbons (Fsp3) is 0.538. The first kappa shape index (κ1) is 22.3. The number of anilines is 1. The Hall–Kier alpha value is -1.85.